The van der Waals surface area contributed by atoms with Crippen LogP contribution in [0.15, 0.2) is 59.4 Å². The van der Waals surface area contributed by atoms with E-state index in [9.17, 15) is 36.2 Å². The molecular formula is C33H32F6N2O3. The van der Waals surface area contributed by atoms with E-state index in [0.29, 0.717) is 23.1 Å². The molecule has 11 heteroatoms. The van der Waals surface area contributed by atoms with Gasteiger partial charge in [-0.05, 0) is 89.4 Å². The molecule has 234 valence electrons. The zero-order valence-corrected chi connectivity index (χ0v) is 24.1. The highest BCUT2D eigenvalue weighted by Gasteiger charge is 2.37. The van der Waals surface area contributed by atoms with Crippen LogP contribution in [0, 0.1) is 0 Å². The molecule has 3 N–H and O–H groups in total. The molecule has 44 heavy (non-hydrogen) atoms. The molecule has 0 fully saturated rings. The second-order valence-corrected chi connectivity index (χ2v) is 11.1. The van der Waals surface area contributed by atoms with Crippen LogP contribution in [0.4, 0.5) is 26.3 Å². The van der Waals surface area contributed by atoms with Crippen molar-refractivity contribution < 1.29 is 36.2 Å². The average molecular weight is 619 g/mol. The normalized spacial score (nSPS) is 14.7. The second kappa shape index (κ2) is 12.3. The second-order valence-electron chi connectivity index (χ2n) is 11.1. The van der Waals surface area contributed by atoms with Crippen LogP contribution < -0.4 is 15.6 Å². The van der Waals surface area contributed by atoms with Gasteiger partial charge in [-0.25, -0.2) is 0 Å². The summed E-state index contributed by atoms with van der Waals surface area (Å²) in [6.07, 6.45) is -7.34. The van der Waals surface area contributed by atoms with E-state index in [2.05, 4.69) is 36.3 Å². The summed E-state index contributed by atoms with van der Waals surface area (Å²) < 4.78 is 85.4. The van der Waals surface area contributed by atoms with Crippen LogP contribution >= 0.6 is 0 Å². The Labute approximate surface area is 249 Å². The van der Waals surface area contributed by atoms with Gasteiger partial charge in [0.1, 0.15) is 12.4 Å². The summed E-state index contributed by atoms with van der Waals surface area (Å²) in [6.45, 7) is 3.89. The SMILES string of the molecule is CCc1cc2c(cc1CC)CC(NC[C@@H](O)c1ccc(OCc3cc(C(F)(F)F)cc(C(F)(F)F)c3)c3[nH]c(=O)ccc13)C2. The van der Waals surface area contributed by atoms with Crippen LogP contribution in [0.3, 0.4) is 0 Å². The monoisotopic (exact) mass is 618 g/mol. The Kier molecular flexibility index (Phi) is 8.82. The van der Waals surface area contributed by atoms with Crippen molar-refractivity contribution in [2.24, 2.45) is 0 Å². The number of fused-ring (bicyclic) bond motifs is 2. The molecule has 4 aromatic rings. The van der Waals surface area contributed by atoms with Crippen LogP contribution in [0.1, 0.15) is 64.5 Å². The fourth-order valence-electron chi connectivity index (χ4n) is 5.89. The largest absolute Gasteiger partial charge is 0.487 e. The van der Waals surface area contributed by atoms with Gasteiger partial charge >= 0.3 is 12.4 Å². The van der Waals surface area contributed by atoms with E-state index in [-0.39, 0.29) is 35.5 Å². The Hall–Kier alpha value is -3.83. The van der Waals surface area contributed by atoms with Crippen LogP contribution in [-0.4, -0.2) is 22.7 Å². The van der Waals surface area contributed by atoms with E-state index in [1.165, 1.54) is 40.5 Å². The number of halogens is 6. The van der Waals surface area contributed by atoms with Gasteiger partial charge in [0.2, 0.25) is 5.56 Å². The molecule has 0 unspecified atom stereocenters. The van der Waals surface area contributed by atoms with E-state index in [0.717, 1.165) is 25.7 Å². The average Bonchev–Trinajstić information content (AvgIpc) is 3.38. The van der Waals surface area contributed by atoms with Gasteiger partial charge in [0.05, 0.1) is 22.7 Å². The summed E-state index contributed by atoms with van der Waals surface area (Å²) in [6, 6.07) is 11.7. The number of hydrogen-bond acceptors (Lipinski definition) is 4. The van der Waals surface area contributed by atoms with Gasteiger partial charge in [-0.2, -0.15) is 26.3 Å². The highest BCUT2D eigenvalue weighted by Crippen LogP contribution is 2.37. The number of rotatable bonds is 9. The minimum atomic E-state index is -4.99. The van der Waals surface area contributed by atoms with Crippen LogP contribution in [0.25, 0.3) is 10.9 Å². The first-order chi connectivity index (χ1) is 20.8. The third-order valence-corrected chi connectivity index (χ3v) is 8.11. The third-order valence-electron chi connectivity index (χ3n) is 8.11. The predicted molar refractivity (Wildman–Crippen MR) is 155 cm³/mol. The van der Waals surface area contributed by atoms with Crippen molar-refractivity contribution in [3.8, 4) is 5.75 Å². The lowest BCUT2D eigenvalue weighted by molar-refractivity contribution is -0.143. The van der Waals surface area contributed by atoms with Crippen molar-refractivity contribution in [3.63, 3.8) is 0 Å². The first-order valence-electron chi connectivity index (χ1n) is 14.4. The number of hydrogen-bond donors (Lipinski definition) is 3. The summed E-state index contributed by atoms with van der Waals surface area (Å²) in [5.41, 5.74) is 2.23. The number of ether oxygens (including phenoxy) is 1. The van der Waals surface area contributed by atoms with Crippen molar-refractivity contribution in [2.75, 3.05) is 6.54 Å². The van der Waals surface area contributed by atoms with Crippen LogP contribution in [-0.2, 0) is 44.6 Å². The number of aliphatic hydroxyl groups is 1. The van der Waals surface area contributed by atoms with E-state index < -0.39 is 41.7 Å². The minimum absolute atomic E-state index is 0.0391. The van der Waals surface area contributed by atoms with Gasteiger partial charge in [0, 0.05) is 24.0 Å². The molecule has 0 bridgehead atoms. The number of aromatic nitrogens is 1. The fraction of sp³-hybridized carbons (Fsp3) is 0.364. The molecule has 1 atom stereocenters. The van der Waals surface area contributed by atoms with Gasteiger partial charge in [-0.1, -0.05) is 32.0 Å². The van der Waals surface area contributed by atoms with Crippen molar-refractivity contribution in [2.45, 2.75) is 70.6 Å². The van der Waals surface area contributed by atoms with Gasteiger partial charge in [0.25, 0.3) is 0 Å². The van der Waals surface area contributed by atoms with Crippen LogP contribution in [0.2, 0.25) is 0 Å². The number of aryl methyl sites for hydroxylation is 2. The van der Waals surface area contributed by atoms with Crippen LogP contribution in [0.5, 0.6) is 5.75 Å². The Bertz CT molecular complexity index is 1660. The molecule has 0 spiro atoms. The van der Waals surface area contributed by atoms with E-state index in [1.54, 1.807) is 6.07 Å². The smallest absolute Gasteiger partial charge is 0.416 e. The Morgan fingerprint density at radius 2 is 1.48 bits per heavy atom. The quantitative estimate of drug-likeness (QED) is 0.176. The Morgan fingerprint density at radius 1 is 0.886 bits per heavy atom. The predicted octanol–water partition coefficient (Wildman–Crippen LogP) is 7.06. The number of benzene rings is 3. The number of alkyl halides is 6. The topological polar surface area (TPSA) is 74.3 Å². The molecule has 0 aliphatic heterocycles. The molecular weight excluding hydrogens is 586 g/mol. The van der Waals surface area contributed by atoms with Gasteiger partial charge < -0.3 is 20.1 Å². The number of aliphatic hydroxyl groups excluding tert-OH is 1. The zero-order chi connectivity index (χ0) is 31.8. The molecule has 5 rings (SSSR count). The molecule has 0 amide bonds. The maximum Gasteiger partial charge on any atom is 0.416 e. The van der Waals surface area contributed by atoms with E-state index in [1.807, 2.05) is 0 Å². The van der Waals surface area contributed by atoms with Crippen molar-refractivity contribution in [1.82, 2.24) is 10.3 Å². The molecule has 1 aliphatic carbocycles. The third kappa shape index (κ3) is 6.78. The highest BCUT2D eigenvalue weighted by molar-refractivity contribution is 5.87. The summed E-state index contributed by atoms with van der Waals surface area (Å²) in [7, 11) is 0. The van der Waals surface area contributed by atoms with E-state index in [4.69, 9.17) is 4.74 Å². The van der Waals surface area contributed by atoms with Crippen molar-refractivity contribution >= 4 is 10.9 Å². The lowest BCUT2D eigenvalue weighted by Crippen LogP contribution is -2.33. The highest BCUT2D eigenvalue weighted by atomic mass is 19.4. The summed E-state index contributed by atoms with van der Waals surface area (Å²) in [4.78, 5) is 14.8. The first kappa shape index (κ1) is 31.6. The molecule has 5 nitrogen and oxygen atoms in total. The molecule has 0 saturated heterocycles. The molecule has 1 heterocycles. The number of aromatic amines is 1. The lowest BCUT2D eigenvalue weighted by atomic mass is 9.97. The molecule has 3 aromatic carbocycles. The van der Waals surface area contributed by atoms with Gasteiger partial charge in [0.15, 0.2) is 0 Å². The fourth-order valence-corrected chi connectivity index (χ4v) is 5.89. The number of H-pyrrole nitrogens is 1. The molecule has 0 radical (unpaired) electrons. The molecule has 1 aromatic heterocycles. The van der Waals surface area contributed by atoms with Crippen molar-refractivity contribution in [3.05, 3.63) is 109 Å². The minimum Gasteiger partial charge on any atom is -0.487 e. The number of pyridine rings is 1. The van der Waals surface area contributed by atoms with Gasteiger partial charge in [-0.15, -0.1) is 0 Å². The Balaban J connectivity index is 1.34. The van der Waals surface area contributed by atoms with E-state index >= 15 is 0 Å². The lowest BCUT2D eigenvalue weighted by Gasteiger charge is -2.19. The number of nitrogens with one attached hydrogen (secondary N) is 2. The molecule has 0 saturated carbocycles. The Morgan fingerprint density at radius 3 is 2.02 bits per heavy atom. The summed E-state index contributed by atoms with van der Waals surface area (Å²) >= 11 is 0. The maximum absolute atomic E-state index is 13.3. The van der Waals surface area contributed by atoms with Crippen molar-refractivity contribution in [1.29, 1.82) is 0 Å². The summed E-state index contributed by atoms with van der Waals surface area (Å²) in [5, 5.41) is 15.0. The van der Waals surface area contributed by atoms with Gasteiger partial charge in [-0.3, -0.25) is 4.79 Å². The zero-order valence-electron chi connectivity index (χ0n) is 24.1. The maximum atomic E-state index is 13.3. The standard InChI is InChI=1S/C33H32F6N2O3/c1-3-19-11-21-13-25(14-22(21)12-20(19)4-2)40-16-28(42)26-5-7-29(31-27(26)6-8-30(43)41-31)44-17-18-9-23(32(34,35)36)15-24(10-18)33(37,38)39/h5-12,15,25,28,40,42H,3-4,13-14,16-17H2,1-2H3,(H,41,43)/t28-/m1/s1. The summed E-state index contributed by atoms with van der Waals surface area (Å²) in [5.74, 6) is 0.0391. The molecule has 1 aliphatic rings. The first-order valence-corrected chi connectivity index (χ1v) is 14.4.